The molecule has 3 heteroatoms. The van der Waals surface area contributed by atoms with Gasteiger partial charge in [-0.15, -0.1) is 0 Å². The van der Waals surface area contributed by atoms with E-state index in [0.717, 1.165) is 44.8 Å². The summed E-state index contributed by atoms with van der Waals surface area (Å²) in [7, 11) is 0. The van der Waals surface area contributed by atoms with Crippen molar-refractivity contribution in [1.29, 1.82) is 5.41 Å². The van der Waals surface area contributed by atoms with Gasteiger partial charge in [0.05, 0.1) is 5.71 Å². The highest BCUT2D eigenvalue weighted by Gasteiger charge is 2.26. The van der Waals surface area contributed by atoms with E-state index in [1.165, 1.54) is 5.57 Å². The molecule has 2 aromatic carbocycles. The van der Waals surface area contributed by atoms with Crippen molar-refractivity contribution in [3.63, 3.8) is 0 Å². The molecule has 5 N–H and O–H groups in total. The fraction of sp³-hybridized carbons (Fsp3) is 0.0500. The van der Waals surface area contributed by atoms with Gasteiger partial charge in [-0.2, -0.15) is 0 Å². The second-order valence-electron chi connectivity index (χ2n) is 6.01. The zero-order valence-corrected chi connectivity index (χ0v) is 12.9. The van der Waals surface area contributed by atoms with Crippen molar-refractivity contribution in [2.75, 3.05) is 11.5 Å². The van der Waals surface area contributed by atoms with Crippen LogP contribution < -0.4 is 11.5 Å². The summed E-state index contributed by atoms with van der Waals surface area (Å²) in [5, 5.41) is 7.89. The maximum absolute atomic E-state index is 7.89. The average Bonchev–Trinajstić information content (AvgIpc) is 2.83. The summed E-state index contributed by atoms with van der Waals surface area (Å²) in [5.41, 5.74) is 21.9. The van der Waals surface area contributed by atoms with Crippen LogP contribution in [0.25, 0.3) is 16.7 Å². The van der Waals surface area contributed by atoms with Crippen molar-refractivity contribution < 1.29 is 0 Å². The topological polar surface area (TPSA) is 75.9 Å². The van der Waals surface area contributed by atoms with Gasteiger partial charge < -0.3 is 16.9 Å². The minimum Gasteiger partial charge on any atom is -0.399 e. The van der Waals surface area contributed by atoms with Gasteiger partial charge in [0.1, 0.15) is 0 Å². The van der Waals surface area contributed by atoms with Crippen LogP contribution in [-0.4, -0.2) is 5.71 Å². The molecule has 3 nitrogen and oxygen atoms in total. The number of anilines is 2. The molecule has 4 rings (SSSR count). The number of hydrogen-bond donors (Lipinski definition) is 3. The molecule has 2 aliphatic carbocycles. The van der Waals surface area contributed by atoms with Crippen molar-refractivity contribution >= 4 is 22.7 Å². The van der Waals surface area contributed by atoms with Crippen LogP contribution in [0.3, 0.4) is 0 Å². The molecule has 2 aromatic rings. The van der Waals surface area contributed by atoms with Gasteiger partial charge in [-0.1, -0.05) is 18.2 Å². The number of benzene rings is 2. The van der Waals surface area contributed by atoms with E-state index in [4.69, 9.17) is 16.9 Å². The Kier molecular flexibility index (Phi) is 2.78. The summed E-state index contributed by atoms with van der Waals surface area (Å²) in [4.78, 5) is 0. The van der Waals surface area contributed by atoms with Crippen LogP contribution in [0.4, 0.5) is 11.4 Å². The predicted octanol–water partition coefficient (Wildman–Crippen LogP) is 4.17. The van der Waals surface area contributed by atoms with Gasteiger partial charge in [0.15, 0.2) is 0 Å². The second kappa shape index (κ2) is 4.71. The average molecular weight is 299 g/mol. The van der Waals surface area contributed by atoms with Crippen LogP contribution in [0.1, 0.15) is 18.1 Å². The van der Waals surface area contributed by atoms with E-state index in [2.05, 4.69) is 18.2 Å². The molecule has 0 atom stereocenters. The lowest BCUT2D eigenvalue weighted by atomic mass is 9.92. The van der Waals surface area contributed by atoms with Crippen LogP contribution in [-0.2, 0) is 0 Å². The van der Waals surface area contributed by atoms with Gasteiger partial charge >= 0.3 is 0 Å². The molecule has 0 saturated carbocycles. The number of nitrogens with two attached hydrogens (primary N) is 2. The van der Waals surface area contributed by atoms with Crippen LogP contribution in [0, 0.1) is 5.41 Å². The van der Waals surface area contributed by atoms with Gasteiger partial charge in [-0.25, -0.2) is 0 Å². The Morgan fingerprint density at radius 2 is 1.35 bits per heavy atom. The lowest BCUT2D eigenvalue weighted by Crippen LogP contribution is -2.00. The Balaban J connectivity index is 2.07. The van der Waals surface area contributed by atoms with E-state index in [0.29, 0.717) is 5.71 Å². The molecule has 23 heavy (non-hydrogen) atoms. The maximum atomic E-state index is 7.89. The van der Waals surface area contributed by atoms with E-state index in [1.54, 1.807) is 0 Å². The Bertz CT molecular complexity index is 905. The standard InChI is InChI=1S/C20H17N3/c1-11-8-12(2-7-19(11)23)20-15-5-3-13(21)9-17(15)18-10-14(22)4-6-16(18)20/h2-10,23H,21-22H2,1H3. The number of nitrogens with one attached hydrogen (secondary N) is 1. The Hall–Kier alpha value is -3.07. The normalized spacial score (nSPS) is 15.5. The Morgan fingerprint density at radius 1 is 0.783 bits per heavy atom. The van der Waals surface area contributed by atoms with E-state index in [9.17, 15) is 0 Å². The third kappa shape index (κ3) is 2.01. The summed E-state index contributed by atoms with van der Waals surface area (Å²) in [6, 6.07) is 12.0. The fourth-order valence-electron chi connectivity index (χ4n) is 3.28. The smallest absolute Gasteiger partial charge is 0.0569 e. The minimum absolute atomic E-state index is 0.558. The molecule has 0 amide bonds. The van der Waals surface area contributed by atoms with E-state index in [1.807, 2.05) is 43.3 Å². The Morgan fingerprint density at radius 3 is 1.87 bits per heavy atom. The molecular weight excluding hydrogens is 282 g/mol. The highest BCUT2D eigenvalue weighted by molar-refractivity contribution is 6.11. The lowest BCUT2D eigenvalue weighted by Gasteiger charge is -2.12. The number of hydrogen-bond acceptors (Lipinski definition) is 3. The summed E-state index contributed by atoms with van der Waals surface area (Å²) in [5.74, 6) is 0. The molecule has 0 heterocycles. The van der Waals surface area contributed by atoms with Crippen molar-refractivity contribution in [3.8, 4) is 11.1 Å². The molecule has 0 radical (unpaired) electrons. The zero-order valence-electron chi connectivity index (χ0n) is 12.9. The van der Waals surface area contributed by atoms with Gasteiger partial charge in [-0.3, -0.25) is 0 Å². The summed E-state index contributed by atoms with van der Waals surface area (Å²) in [6.07, 6.45) is 5.93. The molecule has 0 bridgehead atoms. The molecule has 0 aromatic heterocycles. The molecule has 2 aliphatic rings. The number of fused-ring (bicyclic) bond motifs is 3. The first-order valence-electron chi connectivity index (χ1n) is 7.54. The second-order valence-corrected chi connectivity index (χ2v) is 6.01. The van der Waals surface area contributed by atoms with Gasteiger partial charge in [-0.05, 0) is 82.3 Å². The zero-order chi connectivity index (χ0) is 16.1. The quantitative estimate of drug-likeness (QED) is 0.545. The summed E-state index contributed by atoms with van der Waals surface area (Å²) >= 11 is 0. The van der Waals surface area contributed by atoms with E-state index < -0.39 is 0 Å². The first-order valence-corrected chi connectivity index (χ1v) is 7.54. The number of allylic oxidation sites excluding steroid dienone is 5. The van der Waals surface area contributed by atoms with Crippen molar-refractivity contribution in [2.24, 2.45) is 0 Å². The number of nitrogen functional groups attached to an aromatic ring is 2. The largest absolute Gasteiger partial charge is 0.399 e. The van der Waals surface area contributed by atoms with Crippen LogP contribution in [0.2, 0.25) is 0 Å². The Labute approximate surface area is 135 Å². The first kappa shape index (κ1) is 13.6. The van der Waals surface area contributed by atoms with E-state index in [-0.39, 0.29) is 0 Å². The van der Waals surface area contributed by atoms with Crippen LogP contribution in [0.15, 0.2) is 65.8 Å². The van der Waals surface area contributed by atoms with Crippen molar-refractivity contribution in [2.45, 2.75) is 6.92 Å². The first-order chi connectivity index (χ1) is 11.0. The number of rotatable bonds is 0. The molecule has 0 fully saturated rings. The molecule has 112 valence electrons. The highest BCUT2D eigenvalue weighted by atomic mass is 14.6. The molecule has 0 spiro atoms. The monoisotopic (exact) mass is 299 g/mol. The lowest BCUT2D eigenvalue weighted by molar-refractivity contribution is 1.42. The highest BCUT2D eigenvalue weighted by Crippen LogP contribution is 2.47. The molecule has 0 saturated heterocycles. The molecule has 0 unspecified atom stereocenters. The van der Waals surface area contributed by atoms with Gasteiger partial charge in [0.25, 0.3) is 0 Å². The fourth-order valence-corrected chi connectivity index (χ4v) is 3.28. The van der Waals surface area contributed by atoms with Crippen LogP contribution in [0.5, 0.6) is 0 Å². The van der Waals surface area contributed by atoms with E-state index >= 15 is 0 Å². The van der Waals surface area contributed by atoms with Crippen molar-refractivity contribution in [3.05, 3.63) is 76.9 Å². The molecular formula is C20H17N3. The van der Waals surface area contributed by atoms with Gasteiger partial charge in [0.2, 0.25) is 0 Å². The third-order valence-electron chi connectivity index (χ3n) is 4.43. The third-order valence-corrected chi connectivity index (χ3v) is 4.43. The predicted molar refractivity (Wildman–Crippen MR) is 97.3 cm³/mol. The minimum atomic E-state index is 0.558. The van der Waals surface area contributed by atoms with Gasteiger partial charge in [0, 0.05) is 11.4 Å². The summed E-state index contributed by atoms with van der Waals surface area (Å²) < 4.78 is 0. The molecule has 0 aliphatic heterocycles. The SMILES string of the molecule is CC1=CC(=C2c3ccc(N)cc3-c3cc(N)ccc32)C=CC1=N. The maximum Gasteiger partial charge on any atom is 0.0569 e. The van der Waals surface area contributed by atoms with Crippen LogP contribution >= 0.6 is 0 Å². The van der Waals surface area contributed by atoms with Crippen molar-refractivity contribution in [1.82, 2.24) is 0 Å². The summed E-state index contributed by atoms with van der Waals surface area (Å²) in [6.45, 7) is 1.97.